The number of ether oxygens (including phenoxy) is 1. The summed E-state index contributed by atoms with van der Waals surface area (Å²) in [6.07, 6.45) is 0. The van der Waals surface area contributed by atoms with Crippen LogP contribution in [0.25, 0.3) is 0 Å². The number of urea groups is 1. The van der Waals surface area contributed by atoms with Gasteiger partial charge in [0.2, 0.25) is 0 Å². The summed E-state index contributed by atoms with van der Waals surface area (Å²) in [5, 5.41) is 5.57. The molecule has 0 saturated heterocycles. The van der Waals surface area contributed by atoms with Crippen molar-refractivity contribution in [3.8, 4) is 5.75 Å². The van der Waals surface area contributed by atoms with Crippen molar-refractivity contribution in [2.24, 2.45) is 5.92 Å². The molecule has 0 aliphatic rings. The molecule has 0 saturated carbocycles. The third-order valence-electron chi connectivity index (χ3n) is 2.85. The van der Waals surface area contributed by atoms with Gasteiger partial charge in [0.1, 0.15) is 12.4 Å². The predicted molar refractivity (Wildman–Crippen MR) is 82.3 cm³/mol. The highest BCUT2D eigenvalue weighted by Gasteiger charge is 2.02. The molecule has 2 N–H and O–H groups in total. The standard InChI is InChI=1S/C16H26N2O2/c1-12(2)11-18-16(19)17-8-9-20-15-7-5-6-14(10-15)13(3)4/h5-7,10,12-13H,8-9,11H2,1-4H3,(H2,17,18,19). The summed E-state index contributed by atoms with van der Waals surface area (Å²) in [6, 6.07) is 7.93. The average molecular weight is 278 g/mol. The van der Waals surface area contributed by atoms with Crippen LogP contribution in [0.2, 0.25) is 0 Å². The largest absolute Gasteiger partial charge is 0.492 e. The molecule has 4 heteroatoms. The van der Waals surface area contributed by atoms with Gasteiger partial charge < -0.3 is 15.4 Å². The van der Waals surface area contributed by atoms with Crippen LogP contribution in [0.15, 0.2) is 24.3 Å². The Balaban J connectivity index is 2.24. The van der Waals surface area contributed by atoms with Crippen molar-refractivity contribution < 1.29 is 9.53 Å². The maximum absolute atomic E-state index is 11.4. The fourth-order valence-corrected chi connectivity index (χ4v) is 1.66. The van der Waals surface area contributed by atoms with E-state index in [2.05, 4.69) is 44.4 Å². The Morgan fingerprint density at radius 3 is 2.60 bits per heavy atom. The summed E-state index contributed by atoms with van der Waals surface area (Å²) in [4.78, 5) is 11.4. The molecule has 20 heavy (non-hydrogen) atoms. The molecular weight excluding hydrogens is 252 g/mol. The van der Waals surface area contributed by atoms with Crippen LogP contribution in [0, 0.1) is 5.92 Å². The van der Waals surface area contributed by atoms with Crippen LogP contribution in [0.4, 0.5) is 4.79 Å². The molecule has 0 spiro atoms. The number of hydrogen-bond acceptors (Lipinski definition) is 2. The van der Waals surface area contributed by atoms with E-state index < -0.39 is 0 Å². The van der Waals surface area contributed by atoms with E-state index >= 15 is 0 Å². The van der Waals surface area contributed by atoms with Gasteiger partial charge in [0.05, 0.1) is 6.54 Å². The number of carbonyl (C=O) groups is 1. The number of nitrogens with one attached hydrogen (secondary N) is 2. The van der Waals surface area contributed by atoms with Crippen molar-refractivity contribution in [2.75, 3.05) is 19.7 Å². The first-order valence-corrected chi connectivity index (χ1v) is 7.23. The zero-order valence-corrected chi connectivity index (χ0v) is 12.9. The lowest BCUT2D eigenvalue weighted by atomic mass is 10.0. The summed E-state index contributed by atoms with van der Waals surface area (Å²) in [6.45, 7) is 10.1. The predicted octanol–water partition coefficient (Wildman–Crippen LogP) is 3.14. The maximum Gasteiger partial charge on any atom is 0.314 e. The van der Waals surface area contributed by atoms with Crippen LogP contribution in [0.3, 0.4) is 0 Å². The summed E-state index contributed by atoms with van der Waals surface area (Å²) in [5.41, 5.74) is 1.25. The van der Waals surface area contributed by atoms with Crippen molar-refractivity contribution >= 4 is 6.03 Å². The molecule has 1 aromatic rings. The van der Waals surface area contributed by atoms with Gasteiger partial charge in [0.15, 0.2) is 0 Å². The molecule has 1 rings (SSSR count). The minimum atomic E-state index is -0.141. The minimum Gasteiger partial charge on any atom is -0.492 e. The van der Waals surface area contributed by atoms with Crippen LogP contribution in [0.5, 0.6) is 5.75 Å². The monoisotopic (exact) mass is 278 g/mol. The van der Waals surface area contributed by atoms with E-state index in [1.165, 1.54) is 5.56 Å². The Hall–Kier alpha value is -1.71. The Morgan fingerprint density at radius 1 is 1.20 bits per heavy atom. The molecule has 112 valence electrons. The molecule has 4 nitrogen and oxygen atoms in total. The van der Waals surface area contributed by atoms with E-state index in [9.17, 15) is 4.79 Å². The normalized spacial score (nSPS) is 10.7. The molecule has 0 aliphatic carbocycles. The Kier molecular flexibility index (Phi) is 6.91. The van der Waals surface area contributed by atoms with Crippen LogP contribution < -0.4 is 15.4 Å². The molecule has 2 amide bonds. The van der Waals surface area contributed by atoms with Gasteiger partial charge in [0, 0.05) is 6.54 Å². The molecule has 0 fully saturated rings. The number of hydrogen-bond donors (Lipinski definition) is 2. The smallest absolute Gasteiger partial charge is 0.314 e. The first-order chi connectivity index (χ1) is 9.49. The highest BCUT2D eigenvalue weighted by Crippen LogP contribution is 2.19. The molecule has 0 aromatic heterocycles. The lowest BCUT2D eigenvalue weighted by Gasteiger charge is -2.11. The van der Waals surface area contributed by atoms with Crippen LogP contribution >= 0.6 is 0 Å². The van der Waals surface area contributed by atoms with Crippen LogP contribution in [-0.2, 0) is 0 Å². The summed E-state index contributed by atoms with van der Waals surface area (Å²) >= 11 is 0. The summed E-state index contributed by atoms with van der Waals surface area (Å²) in [7, 11) is 0. The van der Waals surface area contributed by atoms with Crippen molar-refractivity contribution in [3.63, 3.8) is 0 Å². The van der Waals surface area contributed by atoms with Gasteiger partial charge in [-0.15, -0.1) is 0 Å². The Labute approximate surface area is 121 Å². The van der Waals surface area contributed by atoms with Gasteiger partial charge in [0.25, 0.3) is 0 Å². The van der Waals surface area contributed by atoms with E-state index in [4.69, 9.17) is 4.74 Å². The number of carbonyl (C=O) groups excluding carboxylic acids is 1. The molecule has 0 radical (unpaired) electrons. The molecule has 0 atom stereocenters. The lowest BCUT2D eigenvalue weighted by Crippen LogP contribution is -2.39. The molecule has 0 bridgehead atoms. The highest BCUT2D eigenvalue weighted by atomic mass is 16.5. The van der Waals surface area contributed by atoms with E-state index in [0.717, 1.165) is 5.75 Å². The van der Waals surface area contributed by atoms with E-state index in [0.29, 0.717) is 31.5 Å². The van der Waals surface area contributed by atoms with E-state index in [1.54, 1.807) is 0 Å². The first-order valence-electron chi connectivity index (χ1n) is 7.23. The van der Waals surface area contributed by atoms with Gasteiger partial charge in [-0.1, -0.05) is 39.8 Å². The maximum atomic E-state index is 11.4. The van der Waals surface area contributed by atoms with Gasteiger partial charge in [-0.05, 0) is 29.5 Å². The summed E-state index contributed by atoms with van der Waals surface area (Å²) in [5.74, 6) is 1.79. The highest BCUT2D eigenvalue weighted by molar-refractivity contribution is 5.73. The van der Waals surface area contributed by atoms with Gasteiger partial charge in [-0.3, -0.25) is 0 Å². The molecule has 1 aromatic carbocycles. The third kappa shape index (κ3) is 6.45. The molecule has 0 aliphatic heterocycles. The van der Waals surface area contributed by atoms with E-state index in [-0.39, 0.29) is 6.03 Å². The van der Waals surface area contributed by atoms with Gasteiger partial charge >= 0.3 is 6.03 Å². The van der Waals surface area contributed by atoms with Crippen LogP contribution in [-0.4, -0.2) is 25.7 Å². The zero-order valence-electron chi connectivity index (χ0n) is 12.9. The fourth-order valence-electron chi connectivity index (χ4n) is 1.66. The summed E-state index contributed by atoms with van der Waals surface area (Å²) < 4.78 is 5.63. The van der Waals surface area contributed by atoms with Crippen molar-refractivity contribution in [3.05, 3.63) is 29.8 Å². The first kappa shape index (κ1) is 16.3. The van der Waals surface area contributed by atoms with Crippen molar-refractivity contribution in [1.82, 2.24) is 10.6 Å². The zero-order chi connectivity index (χ0) is 15.0. The third-order valence-corrected chi connectivity index (χ3v) is 2.85. The SMILES string of the molecule is CC(C)CNC(=O)NCCOc1cccc(C(C)C)c1. The average Bonchev–Trinajstić information content (AvgIpc) is 2.41. The topological polar surface area (TPSA) is 50.4 Å². The second-order valence-corrected chi connectivity index (χ2v) is 5.61. The van der Waals surface area contributed by atoms with Crippen molar-refractivity contribution in [2.45, 2.75) is 33.6 Å². The number of benzene rings is 1. The van der Waals surface area contributed by atoms with Gasteiger partial charge in [-0.2, -0.15) is 0 Å². The number of rotatable bonds is 7. The molecule has 0 heterocycles. The lowest BCUT2D eigenvalue weighted by molar-refractivity contribution is 0.235. The Morgan fingerprint density at radius 2 is 1.95 bits per heavy atom. The van der Waals surface area contributed by atoms with Crippen LogP contribution in [0.1, 0.15) is 39.2 Å². The minimum absolute atomic E-state index is 0.141. The molecular formula is C16H26N2O2. The quantitative estimate of drug-likeness (QED) is 0.753. The van der Waals surface area contributed by atoms with Crippen molar-refractivity contribution in [1.29, 1.82) is 0 Å². The second kappa shape index (κ2) is 8.46. The van der Waals surface area contributed by atoms with Gasteiger partial charge in [-0.25, -0.2) is 4.79 Å². The fraction of sp³-hybridized carbons (Fsp3) is 0.562. The second-order valence-electron chi connectivity index (χ2n) is 5.61. The Bertz CT molecular complexity index is 417. The van der Waals surface area contributed by atoms with E-state index in [1.807, 2.05) is 18.2 Å². The number of amides is 2. The molecule has 0 unspecified atom stereocenters.